The summed E-state index contributed by atoms with van der Waals surface area (Å²) in [5.41, 5.74) is -0.243. The molecule has 4 heteroatoms. The van der Waals surface area contributed by atoms with Crippen molar-refractivity contribution in [2.24, 2.45) is 5.41 Å². The minimum atomic E-state index is -0.243. The van der Waals surface area contributed by atoms with Crippen LogP contribution in [0.2, 0.25) is 0 Å². The molecule has 0 atom stereocenters. The lowest BCUT2D eigenvalue weighted by Gasteiger charge is -2.21. The predicted octanol–water partition coefficient (Wildman–Crippen LogP) is 1.48. The summed E-state index contributed by atoms with van der Waals surface area (Å²) >= 11 is 0. The highest BCUT2D eigenvalue weighted by Gasteiger charge is 2.20. The van der Waals surface area contributed by atoms with Crippen molar-refractivity contribution < 1.29 is 4.79 Å². The zero-order chi connectivity index (χ0) is 12.9. The first-order valence-corrected chi connectivity index (χ1v) is 6.32. The van der Waals surface area contributed by atoms with E-state index in [1.165, 1.54) is 0 Å². The van der Waals surface area contributed by atoms with Crippen LogP contribution in [0.3, 0.4) is 0 Å². The van der Waals surface area contributed by atoms with E-state index in [4.69, 9.17) is 5.26 Å². The van der Waals surface area contributed by atoms with E-state index in [2.05, 4.69) is 11.0 Å². The second-order valence-electron chi connectivity index (χ2n) is 5.54. The Morgan fingerprint density at radius 2 is 2.12 bits per heavy atom. The molecule has 96 valence electrons. The Labute approximate surface area is 104 Å². The molecule has 0 radical (unpaired) electrons. The van der Waals surface area contributed by atoms with Crippen molar-refractivity contribution in [1.82, 2.24) is 9.80 Å². The number of likely N-dealkylation sites (N-methyl/N-ethyl adjacent to an activating group) is 1. The number of nitrogens with zero attached hydrogens (tertiary/aromatic N) is 3. The van der Waals surface area contributed by atoms with Gasteiger partial charge in [-0.05, 0) is 39.7 Å². The fourth-order valence-electron chi connectivity index (χ4n) is 2.04. The number of hydrogen-bond acceptors (Lipinski definition) is 3. The van der Waals surface area contributed by atoms with Gasteiger partial charge in [-0.25, -0.2) is 0 Å². The van der Waals surface area contributed by atoms with Crippen LogP contribution in [0.5, 0.6) is 0 Å². The molecule has 17 heavy (non-hydrogen) atoms. The van der Waals surface area contributed by atoms with Gasteiger partial charge in [0.15, 0.2) is 0 Å². The Morgan fingerprint density at radius 3 is 2.76 bits per heavy atom. The lowest BCUT2D eigenvalue weighted by molar-refractivity contribution is -0.129. The Bertz CT molecular complexity index is 306. The highest BCUT2D eigenvalue weighted by Crippen LogP contribution is 2.20. The molecule has 4 nitrogen and oxygen atoms in total. The minimum Gasteiger partial charge on any atom is -0.345 e. The number of amides is 1. The number of carbonyl (C=O) groups excluding carboxylic acids is 1. The summed E-state index contributed by atoms with van der Waals surface area (Å²) in [7, 11) is 1.87. The van der Waals surface area contributed by atoms with E-state index in [1.807, 2.05) is 20.9 Å². The molecular formula is C13H23N3O. The molecule has 1 amide bonds. The average Bonchev–Trinajstić information content (AvgIpc) is 2.42. The second-order valence-corrected chi connectivity index (χ2v) is 5.54. The van der Waals surface area contributed by atoms with E-state index in [0.29, 0.717) is 6.54 Å². The Morgan fingerprint density at radius 1 is 1.41 bits per heavy atom. The van der Waals surface area contributed by atoms with Gasteiger partial charge in [-0.1, -0.05) is 0 Å². The van der Waals surface area contributed by atoms with Gasteiger partial charge in [-0.3, -0.25) is 9.69 Å². The van der Waals surface area contributed by atoms with Crippen LogP contribution < -0.4 is 0 Å². The van der Waals surface area contributed by atoms with Crippen LogP contribution in [0.15, 0.2) is 0 Å². The summed E-state index contributed by atoms with van der Waals surface area (Å²) in [4.78, 5) is 15.7. The normalized spacial score (nSPS) is 18.9. The predicted molar refractivity (Wildman–Crippen MR) is 67.3 cm³/mol. The monoisotopic (exact) mass is 237 g/mol. The topological polar surface area (TPSA) is 47.3 Å². The number of rotatable bonds is 4. The van der Waals surface area contributed by atoms with Gasteiger partial charge in [0.1, 0.15) is 0 Å². The molecule has 0 N–H and O–H groups in total. The smallest absolute Gasteiger partial charge is 0.236 e. The van der Waals surface area contributed by atoms with Gasteiger partial charge < -0.3 is 4.90 Å². The average molecular weight is 237 g/mol. The lowest BCUT2D eigenvalue weighted by Crippen LogP contribution is -2.35. The second kappa shape index (κ2) is 6.02. The molecule has 0 aromatic carbocycles. The first-order valence-electron chi connectivity index (χ1n) is 6.32. The van der Waals surface area contributed by atoms with E-state index in [-0.39, 0.29) is 11.3 Å². The van der Waals surface area contributed by atoms with E-state index < -0.39 is 0 Å². The number of nitriles is 1. The van der Waals surface area contributed by atoms with Crippen molar-refractivity contribution >= 4 is 5.91 Å². The SMILES string of the molecule is CN1CCCN(CCCC(C)(C)C#N)CC1=O. The zero-order valence-corrected chi connectivity index (χ0v) is 11.2. The highest BCUT2D eigenvalue weighted by atomic mass is 16.2. The van der Waals surface area contributed by atoms with Gasteiger partial charge in [-0.2, -0.15) is 5.26 Å². The van der Waals surface area contributed by atoms with E-state index >= 15 is 0 Å². The van der Waals surface area contributed by atoms with E-state index in [9.17, 15) is 4.79 Å². The van der Waals surface area contributed by atoms with Gasteiger partial charge in [0, 0.05) is 20.1 Å². The Balaban J connectivity index is 2.32. The summed E-state index contributed by atoms with van der Waals surface area (Å²) in [5.74, 6) is 0.210. The molecule has 0 spiro atoms. The maximum absolute atomic E-state index is 11.7. The Kier molecular flexibility index (Phi) is 4.95. The molecule has 0 aromatic rings. The van der Waals surface area contributed by atoms with E-state index in [0.717, 1.165) is 38.9 Å². The molecule has 1 aliphatic rings. The van der Waals surface area contributed by atoms with Crippen LogP contribution in [-0.2, 0) is 4.79 Å². The molecule has 1 heterocycles. The molecule has 1 saturated heterocycles. The summed E-state index contributed by atoms with van der Waals surface area (Å²) < 4.78 is 0. The number of carbonyl (C=O) groups is 1. The molecule has 0 saturated carbocycles. The van der Waals surface area contributed by atoms with Crippen molar-refractivity contribution in [3.63, 3.8) is 0 Å². The van der Waals surface area contributed by atoms with Gasteiger partial charge in [-0.15, -0.1) is 0 Å². The summed E-state index contributed by atoms with van der Waals surface area (Å²) in [6.07, 6.45) is 2.92. The van der Waals surface area contributed by atoms with Gasteiger partial charge in [0.2, 0.25) is 5.91 Å². The van der Waals surface area contributed by atoms with Crippen LogP contribution in [0, 0.1) is 16.7 Å². The third-order valence-electron chi connectivity index (χ3n) is 3.33. The zero-order valence-electron chi connectivity index (χ0n) is 11.2. The maximum Gasteiger partial charge on any atom is 0.236 e. The van der Waals surface area contributed by atoms with Crippen LogP contribution in [-0.4, -0.2) is 48.9 Å². The lowest BCUT2D eigenvalue weighted by atomic mass is 9.90. The van der Waals surface area contributed by atoms with Crippen LogP contribution >= 0.6 is 0 Å². The molecule has 0 bridgehead atoms. The van der Waals surface area contributed by atoms with Crippen molar-refractivity contribution in [3.8, 4) is 6.07 Å². The quantitative estimate of drug-likeness (QED) is 0.744. The van der Waals surface area contributed by atoms with E-state index in [1.54, 1.807) is 4.90 Å². The largest absolute Gasteiger partial charge is 0.345 e. The summed E-state index contributed by atoms with van der Waals surface area (Å²) in [6, 6.07) is 2.31. The first kappa shape index (κ1) is 14.0. The molecular weight excluding hydrogens is 214 g/mol. The highest BCUT2D eigenvalue weighted by molar-refractivity contribution is 5.78. The van der Waals surface area contributed by atoms with Crippen molar-refractivity contribution in [1.29, 1.82) is 5.26 Å². The molecule has 1 aliphatic heterocycles. The molecule has 0 aromatic heterocycles. The first-order chi connectivity index (χ1) is 7.94. The van der Waals surface area contributed by atoms with Crippen molar-refractivity contribution in [2.75, 3.05) is 33.2 Å². The fourth-order valence-corrected chi connectivity index (χ4v) is 2.04. The van der Waals surface area contributed by atoms with Crippen LogP contribution in [0.25, 0.3) is 0 Å². The summed E-state index contributed by atoms with van der Waals surface area (Å²) in [6.45, 7) is 7.24. The van der Waals surface area contributed by atoms with Gasteiger partial charge in [0.05, 0.1) is 18.0 Å². The van der Waals surface area contributed by atoms with Crippen molar-refractivity contribution in [3.05, 3.63) is 0 Å². The van der Waals surface area contributed by atoms with Gasteiger partial charge >= 0.3 is 0 Å². The van der Waals surface area contributed by atoms with Crippen molar-refractivity contribution in [2.45, 2.75) is 33.1 Å². The van der Waals surface area contributed by atoms with Crippen LogP contribution in [0.1, 0.15) is 33.1 Å². The fraction of sp³-hybridized carbons (Fsp3) is 0.846. The molecule has 1 rings (SSSR count). The maximum atomic E-state index is 11.7. The third kappa shape index (κ3) is 4.74. The summed E-state index contributed by atoms with van der Waals surface area (Å²) in [5, 5.41) is 8.93. The van der Waals surface area contributed by atoms with Gasteiger partial charge in [0.25, 0.3) is 0 Å². The third-order valence-corrected chi connectivity index (χ3v) is 3.33. The Hall–Kier alpha value is -1.08. The van der Waals surface area contributed by atoms with Crippen LogP contribution in [0.4, 0.5) is 0 Å². The molecule has 0 unspecified atom stereocenters. The standard InChI is InChI=1S/C13H23N3O/c1-13(2,11-14)6-4-8-16-9-5-7-15(3)12(17)10-16/h4-10H2,1-3H3. The minimum absolute atomic E-state index is 0.210. The number of hydrogen-bond donors (Lipinski definition) is 0. The molecule has 1 fully saturated rings. The molecule has 0 aliphatic carbocycles.